The lowest BCUT2D eigenvalue weighted by Crippen LogP contribution is -2.32. The second-order valence-electron chi connectivity index (χ2n) is 4.72. The third-order valence-electron chi connectivity index (χ3n) is 3.33. The third kappa shape index (κ3) is 2.82. The number of carbonyl (C=O) groups excluding carboxylic acids is 1. The lowest BCUT2D eigenvalue weighted by molar-refractivity contribution is -0.116. The molecule has 0 saturated carbocycles. The molecule has 0 bridgehead atoms. The van der Waals surface area contributed by atoms with Gasteiger partial charge in [0.2, 0.25) is 5.91 Å². The van der Waals surface area contributed by atoms with E-state index in [0.29, 0.717) is 11.4 Å². The molecule has 106 valence electrons. The number of amidine groups is 1. The normalized spacial score (nSPS) is 18.3. The zero-order chi connectivity index (χ0) is 14.8. The zero-order valence-electron chi connectivity index (χ0n) is 11.1. The summed E-state index contributed by atoms with van der Waals surface area (Å²) in [5, 5.41) is 8.69. The molecule has 3 nitrogen and oxygen atoms in total. The number of para-hydroxylation sites is 1. The Hall–Kier alpha value is -1.78. The van der Waals surface area contributed by atoms with Gasteiger partial charge in [-0.2, -0.15) is 0 Å². The van der Waals surface area contributed by atoms with Gasteiger partial charge in [-0.05, 0) is 30.2 Å². The van der Waals surface area contributed by atoms with Crippen LogP contribution in [0, 0.1) is 5.41 Å². The molecule has 1 aliphatic rings. The molecule has 5 heteroatoms. The molecule has 0 spiro atoms. The van der Waals surface area contributed by atoms with Gasteiger partial charge in [-0.15, -0.1) is 0 Å². The number of rotatable bonds is 3. The van der Waals surface area contributed by atoms with Gasteiger partial charge < -0.3 is 0 Å². The highest BCUT2D eigenvalue weighted by Crippen LogP contribution is 2.33. The van der Waals surface area contributed by atoms with Crippen molar-refractivity contribution in [3.8, 4) is 0 Å². The second kappa shape index (κ2) is 5.92. The fourth-order valence-electron chi connectivity index (χ4n) is 2.30. The fraction of sp³-hybridized carbons (Fsp3) is 0.125. The quantitative estimate of drug-likeness (QED) is 0.931. The lowest BCUT2D eigenvalue weighted by Gasteiger charge is -2.15. The first-order chi connectivity index (χ1) is 10.2. The Morgan fingerprint density at radius 1 is 1.10 bits per heavy atom. The van der Waals surface area contributed by atoms with Crippen molar-refractivity contribution in [2.24, 2.45) is 0 Å². The van der Waals surface area contributed by atoms with Gasteiger partial charge in [0, 0.05) is 5.02 Å². The van der Waals surface area contributed by atoms with E-state index in [9.17, 15) is 4.79 Å². The Balaban J connectivity index is 1.83. The highest BCUT2D eigenvalue weighted by atomic mass is 35.5. The summed E-state index contributed by atoms with van der Waals surface area (Å²) in [5.41, 5.74) is 1.68. The number of nitrogens with zero attached hydrogens (tertiary/aromatic N) is 1. The monoisotopic (exact) mass is 316 g/mol. The summed E-state index contributed by atoms with van der Waals surface area (Å²) >= 11 is 7.43. The first-order valence-electron chi connectivity index (χ1n) is 6.54. The minimum atomic E-state index is -0.294. The van der Waals surface area contributed by atoms with Gasteiger partial charge in [-0.3, -0.25) is 15.1 Å². The Morgan fingerprint density at radius 2 is 1.76 bits per heavy atom. The SMILES string of the molecule is N=C1SC(Cc2ccccc2Cl)C(=O)N1c1ccccc1. The van der Waals surface area contributed by atoms with Gasteiger partial charge in [0.25, 0.3) is 0 Å². The molecule has 3 rings (SSSR count). The second-order valence-corrected chi connectivity index (χ2v) is 6.32. The largest absolute Gasteiger partial charge is 0.278 e. The topological polar surface area (TPSA) is 44.2 Å². The van der Waals surface area contributed by atoms with Crippen molar-refractivity contribution < 1.29 is 4.79 Å². The van der Waals surface area contributed by atoms with E-state index in [2.05, 4.69) is 0 Å². The van der Waals surface area contributed by atoms with Gasteiger partial charge in [-0.25, -0.2) is 0 Å². The van der Waals surface area contributed by atoms with Crippen LogP contribution in [0.2, 0.25) is 5.02 Å². The molecule has 1 N–H and O–H groups in total. The van der Waals surface area contributed by atoms with Crippen LogP contribution in [-0.2, 0) is 11.2 Å². The van der Waals surface area contributed by atoms with Crippen LogP contribution in [0.4, 0.5) is 5.69 Å². The van der Waals surface area contributed by atoms with Crippen molar-refractivity contribution in [1.82, 2.24) is 0 Å². The summed E-state index contributed by atoms with van der Waals surface area (Å²) in [5.74, 6) is -0.0591. The van der Waals surface area contributed by atoms with Crippen LogP contribution in [0.3, 0.4) is 0 Å². The Morgan fingerprint density at radius 3 is 2.48 bits per heavy atom. The molecule has 1 fully saturated rings. The molecule has 2 aromatic carbocycles. The van der Waals surface area contributed by atoms with E-state index in [0.717, 1.165) is 11.3 Å². The molecule has 1 amide bonds. The van der Waals surface area contributed by atoms with Crippen LogP contribution in [-0.4, -0.2) is 16.3 Å². The van der Waals surface area contributed by atoms with Crippen molar-refractivity contribution in [2.75, 3.05) is 4.90 Å². The summed E-state index contributed by atoms with van der Waals surface area (Å²) in [6, 6.07) is 16.8. The number of amides is 1. The molecule has 1 atom stereocenters. The van der Waals surface area contributed by atoms with E-state index >= 15 is 0 Å². The number of halogens is 1. The number of nitrogens with one attached hydrogen (secondary N) is 1. The molecule has 1 aliphatic heterocycles. The average molecular weight is 317 g/mol. The molecule has 1 heterocycles. The van der Waals surface area contributed by atoms with Crippen LogP contribution < -0.4 is 4.90 Å². The van der Waals surface area contributed by atoms with E-state index in [1.165, 1.54) is 16.7 Å². The van der Waals surface area contributed by atoms with Crippen molar-refractivity contribution in [3.05, 3.63) is 65.2 Å². The number of hydrogen-bond acceptors (Lipinski definition) is 3. The Labute approximate surface area is 132 Å². The predicted molar refractivity (Wildman–Crippen MR) is 88.2 cm³/mol. The molecule has 1 saturated heterocycles. The van der Waals surface area contributed by atoms with Crippen LogP contribution in [0.25, 0.3) is 0 Å². The van der Waals surface area contributed by atoms with Crippen molar-refractivity contribution in [3.63, 3.8) is 0 Å². The van der Waals surface area contributed by atoms with Gasteiger partial charge in [0.05, 0.1) is 10.9 Å². The summed E-state index contributed by atoms with van der Waals surface area (Å²) in [6.07, 6.45) is 0.537. The molecule has 0 aromatic heterocycles. The first-order valence-corrected chi connectivity index (χ1v) is 7.80. The molecule has 21 heavy (non-hydrogen) atoms. The summed E-state index contributed by atoms with van der Waals surface area (Å²) in [6.45, 7) is 0. The molecular formula is C16H13ClN2OS. The number of anilines is 1. The standard InChI is InChI=1S/C16H13ClN2OS/c17-13-9-5-4-6-11(13)10-14-15(20)19(16(18)21-14)12-7-2-1-3-8-12/h1-9,14,18H,10H2. The maximum Gasteiger partial charge on any atom is 0.247 e. The summed E-state index contributed by atoms with van der Waals surface area (Å²) in [4.78, 5) is 14.0. The van der Waals surface area contributed by atoms with Crippen LogP contribution >= 0.6 is 23.4 Å². The van der Waals surface area contributed by atoms with Gasteiger partial charge in [0.1, 0.15) is 0 Å². The van der Waals surface area contributed by atoms with Crippen LogP contribution in [0.1, 0.15) is 5.56 Å². The summed E-state index contributed by atoms with van der Waals surface area (Å²) < 4.78 is 0. The fourth-order valence-corrected chi connectivity index (χ4v) is 3.55. The van der Waals surface area contributed by atoms with Crippen LogP contribution in [0.15, 0.2) is 54.6 Å². The molecule has 0 aliphatic carbocycles. The van der Waals surface area contributed by atoms with Gasteiger partial charge >= 0.3 is 0 Å². The number of benzene rings is 2. The third-order valence-corrected chi connectivity index (χ3v) is 4.76. The van der Waals surface area contributed by atoms with Crippen LogP contribution in [0.5, 0.6) is 0 Å². The minimum Gasteiger partial charge on any atom is -0.278 e. The maximum absolute atomic E-state index is 12.6. The zero-order valence-corrected chi connectivity index (χ0v) is 12.7. The summed E-state index contributed by atoms with van der Waals surface area (Å²) in [7, 11) is 0. The minimum absolute atomic E-state index is 0.0591. The molecule has 2 aromatic rings. The first kappa shape index (κ1) is 14.2. The van der Waals surface area contributed by atoms with Gasteiger partial charge in [0.15, 0.2) is 5.17 Å². The lowest BCUT2D eigenvalue weighted by atomic mass is 10.1. The van der Waals surface area contributed by atoms with E-state index in [4.69, 9.17) is 17.0 Å². The predicted octanol–water partition coefficient (Wildman–Crippen LogP) is 3.97. The number of hydrogen-bond donors (Lipinski definition) is 1. The highest BCUT2D eigenvalue weighted by Gasteiger charge is 2.38. The molecular weight excluding hydrogens is 304 g/mol. The highest BCUT2D eigenvalue weighted by molar-refractivity contribution is 8.16. The number of carbonyl (C=O) groups is 1. The maximum atomic E-state index is 12.6. The van der Waals surface area contributed by atoms with E-state index in [1.807, 2.05) is 54.6 Å². The van der Waals surface area contributed by atoms with Crippen molar-refractivity contribution in [1.29, 1.82) is 5.41 Å². The van der Waals surface area contributed by atoms with E-state index in [1.54, 1.807) is 0 Å². The van der Waals surface area contributed by atoms with Crippen molar-refractivity contribution >= 4 is 40.1 Å². The van der Waals surface area contributed by atoms with Gasteiger partial charge in [-0.1, -0.05) is 59.8 Å². The smallest absolute Gasteiger partial charge is 0.247 e. The average Bonchev–Trinajstić information content (AvgIpc) is 2.77. The number of thioether (sulfide) groups is 1. The van der Waals surface area contributed by atoms with E-state index < -0.39 is 0 Å². The van der Waals surface area contributed by atoms with E-state index in [-0.39, 0.29) is 16.3 Å². The molecule has 1 unspecified atom stereocenters. The Kier molecular flexibility index (Phi) is 3.99. The Bertz CT molecular complexity index is 690. The van der Waals surface area contributed by atoms with Crippen molar-refractivity contribution in [2.45, 2.75) is 11.7 Å². The molecule has 0 radical (unpaired) electrons.